The highest BCUT2D eigenvalue weighted by atomic mass is 16.3. The Morgan fingerprint density at radius 1 is 0.469 bits per heavy atom. The van der Waals surface area contributed by atoms with Gasteiger partial charge in [0.15, 0.2) is 0 Å². The molecule has 250 valence electrons. The van der Waals surface area contributed by atoms with E-state index in [-0.39, 0.29) is 28.7 Å². The van der Waals surface area contributed by atoms with Crippen LogP contribution in [0, 0.1) is 0 Å². The second-order valence-corrected chi connectivity index (χ2v) is 13.4. The summed E-state index contributed by atoms with van der Waals surface area (Å²) in [4.78, 5) is 0. The molecule has 1 saturated carbocycles. The monoisotopic (exact) mass is 652 g/mol. The Kier molecular flexibility index (Phi) is 10.1. The average Bonchev–Trinajstić information content (AvgIpc) is 3.11. The van der Waals surface area contributed by atoms with Crippen LogP contribution in [0.4, 0.5) is 0 Å². The van der Waals surface area contributed by atoms with Gasteiger partial charge < -0.3 is 25.5 Å². The van der Waals surface area contributed by atoms with Crippen LogP contribution in [0.25, 0.3) is 12.2 Å². The van der Waals surface area contributed by atoms with Gasteiger partial charge in [-0.3, -0.25) is 0 Å². The molecule has 49 heavy (non-hydrogen) atoms. The summed E-state index contributed by atoms with van der Waals surface area (Å²) in [7, 11) is 0. The molecule has 6 rings (SSSR count). The predicted octanol–water partition coefficient (Wildman–Crippen LogP) is 9.91. The molecular weight excluding hydrogens is 608 g/mol. The lowest BCUT2D eigenvalue weighted by atomic mass is 9.81. The van der Waals surface area contributed by atoms with Crippen LogP contribution in [0.5, 0.6) is 28.7 Å². The van der Waals surface area contributed by atoms with E-state index in [2.05, 4.69) is 25.3 Å². The standard InChI is InChI=1S/C44H44O5/c1-3-32-20-30(22-36(42(32)47)18-28-10-14-40(45)15-11-28)24-38-26-35(34-8-6-5-7-9-34)27-39(44(38)49)25-31-21-33(4-2)43(48)37(23-31)19-29-12-16-41(46)17-13-29/h3-4,10-17,20-23,26-27,34,45-49H,1-2,5-9,18-19,24-25H2. The van der Waals surface area contributed by atoms with Crippen LogP contribution in [-0.4, -0.2) is 25.5 Å². The van der Waals surface area contributed by atoms with Gasteiger partial charge in [0.2, 0.25) is 0 Å². The van der Waals surface area contributed by atoms with Gasteiger partial charge in [-0.15, -0.1) is 0 Å². The van der Waals surface area contributed by atoms with Crippen molar-refractivity contribution in [3.05, 3.63) is 159 Å². The fraction of sp³-hybridized carbons (Fsp3) is 0.227. The Morgan fingerprint density at radius 2 is 0.857 bits per heavy atom. The molecule has 0 amide bonds. The highest BCUT2D eigenvalue weighted by Crippen LogP contribution is 2.39. The molecule has 0 heterocycles. The first-order chi connectivity index (χ1) is 23.7. The normalized spacial score (nSPS) is 13.3. The van der Waals surface area contributed by atoms with Crippen molar-refractivity contribution in [1.29, 1.82) is 0 Å². The van der Waals surface area contributed by atoms with E-state index in [0.29, 0.717) is 42.7 Å². The first-order valence-corrected chi connectivity index (χ1v) is 17.1. The number of hydrogen-bond acceptors (Lipinski definition) is 5. The lowest BCUT2D eigenvalue weighted by molar-refractivity contribution is 0.439. The third-order valence-corrected chi connectivity index (χ3v) is 9.81. The molecule has 5 heteroatoms. The maximum absolute atomic E-state index is 11.9. The van der Waals surface area contributed by atoms with E-state index >= 15 is 0 Å². The van der Waals surface area contributed by atoms with E-state index in [0.717, 1.165) is 57.3 Å². The lowest BCUT2D eigenvalue weighted by Crippen LogP contribution is -2.07. The molecule has 0 radical (unpaired) electrons. The molecule has 0 aromatic heterocycles. The van der Waals surface area contributed by atoms with E-state index in [4.69, 9.17) is 0 Å². The summed E-state index contributed by atoms with van der Waals surface area (Å²) in [6.45, 7) is 7.87. The molecule has 5 nitrogen and oxygen atoms in total. The van der Waals surface area contributed by atoms with E-state index < -0.39 is 0 Å². The minimum atomic E-state index is 0.182. The number of phenols is 5. The Balaban J connectivity index is 1.37. The topological polar surface area (TPSA) is 101 Å². The first-order valence-electron chi connectivity index (χ1n) is 17.1. The molecule has 0 aliphatic heterocycles. The van der Waals surface area contributed by atoms with Crippen molar-refractivity contribution in [3.8, 4) is 28.7 Å². The van der Waals surface area contributed by atoms with E-state index in [1.807, 2.05) is 48.5 Å². The van der Waals surface area contributed by atoms with E-state index in [1.54, 1.807) is 36.4 Å². The Hall–Kier alpha value is -5.42. The summed E-state index contributed by atoms with van der Waals surface area (Å²) in [5, 5.41) is 53.5. The van der Waals surface area contributed by atoms with Crippen LogP contribution in [0.1, 0.15) is 99.2 Å². The highest BCUT2D eigenvalue weighted by molar-refractivity contribution is 5.63. The molecule has 0 unspecified atom stereocenters. The molecule has 5 aromatic carbocycles. The minimum Gasteiger partial charge on any atom is -0.508 e. The van der Waals surface area contributed by atoms with Gasteiger partial charge in [0.25, 0.3) is 0 Å². The van der Waals surface area contributed by atoms with Gasteiger partial charge in [0.05, 0.1) is 0 Å². The zero-order valence-corrected chi connectivity index (χ0v) is 27.8. The van der Waals surface area contributed by atoms with Gasteiger partial charge >= 0.3 is 0 Å². The Labute approximate surface area is 288 Å². The summed E-state index contributed by atoms with van der Waals surface area (Å²) in [5.74, 6) is 1.43. The number of hydrogen-bond donors (Lipinski definition) is 5. The third-order valence-electron chi connectivity index (χ3n) is 9.81. The summed E-state index contributed by atoms with van der Waals surface area (Å²) in [6.07, 6.45) is 11.1. The van der Waals surface area contributed by atoms with Crippen LogP contribution < -0.4 is 0 Å². The molecule has 5 aromatic rings. The van der Waals surface area contributed by atoms with Crippen molar-refractivity contribution in [2.24, 2.45) is 0 Å². The second kappa shape index (κ2) is 14.8. The summed E-state index contributed by atoms with van der Waals surface area (Å²) >= 11 is 0. The van der Waals surface area contributed by atoms with Gasteiger partial charge in [-0.2, -0.15) is 0 Å². The van der Waals surface area contributed by atoms with Crippen molar-refractivity contribution in [2.45, 2.75) is 63.7 Å². The molecule has 0 spiro atoms. The Bertz CT molecular complexity index is 1830. The van der Waals surface area contributed by atoms with Crippen molar-refractivity contribution in [1.82, 2.24) is 0 Å². The van der Waals surface area contributed by atoms with E-state index in [1.165, 1.54) is 24.8 Å². The van der Waals surface area contributed by atoms with Crippen LogP contribution in [0.15, 0.2) is 98.1 Å². The van der Waals surface area contributed by atoms with E-state index in [9.17, 15) is 25.5 Å². The van der Waals surface area contributed by atoms with Gasteiger partial charge in [0.1, 0.15) is 28.7 Å². The van der Waals surface area contributed by atoms with Crippen molar-refractivity contribution < 1.29 is 25.5 Å². The number of aromatic hydroxyl groups is 5. The van der Waals surface area contributed by atoms with Crippen molar-refractivity contribution >= 4 is 12.2 Å². The molecule has 0 saturated heterocycles. The maximum Gasteiger partial charge on any atom is 0.126 e. The fourth-order valence-corrected chi connectivity index (χ4v) is 7.19. The predicted molar refractivity (Wildman–Crippen MR) is 198 cm³/mol. The second-order valence-electron chi connectivity index (χ2n) is 13.4. The number of rotatable bonds is 11. The van der Waals surface area contributed by atoms with Crippen molar-refractivity contribution in [2.75, 3.05) is 0 Å². The lowest BCUT2D eigenvalue weighted by Gasteiger charge is -2.24. The summed E-state index contributed by atoms with van der Waals surface area (Å²) in [5.41, 5.74) is 9.52. The molecule has 5 N–H and O–H groups in total. The van der Waals surface area contributed by atoms with Crippen LogP contribution in [0.2, 0.25) is 0 Å². The Morgan fingerprint density at radius 3 is 1.27 bits per heavy atom. The minimum absolute atomic E-state index is 0.182. The largest absolute Gasteiger partial charge is 0.508 e. The molecule has 0 bridgehead atoms. The summed E-state index contributed by atoms with van der Waals surface area (Å²) < 4.78 is 0. The van der Waals surface area contributed by atoms with Gasteiger partial charge in [0, 0.05) is 36.8 Å². The number of phenolic OH excluding ortho intramolecular Hbond substituents is 5. The van der Waals surface area contributed by atoms with Crippen LogP contribution >= 0.6 is 0 Å². The zero-order valence-electron chi connectivity index (χ0n) is 27.8. The number of benzene rings is 5. The smallest absolute Gasteiger partial charge is 0.126 e. The van der Waals surface area contributed by atoms with Gasteiger partial charge in [-0.25, -0.2) is 0 Å². The third kappa shape index (κ3) is 7.84. The quantitative estimate of drug-likeness (QED) is 0.0978. The van der Waals surface area contributed by atoms with Gasteiger partial charge in [-0.1, -0.05) is 93.1 Å². The molecule has 1 aliphatic rings. The van der Waals surface area contributed by atoms with Crippen LogP contribution in [0.3, 0.4) is 0 Å². The fourth-order valence-electron chi connectivity index (χ4n) is 7.19. The molecule has 0 atom stereocenters. The van der Waals surface area contributed by atoms with Gasteiger partial charge in [-0.05, 0) is 105 Å². The maximum atomic E-state index is 11.9. The van der Waals surface area contributed by atoms with Crippen LogP contribution in [-0.2, 0) is 25.7 Å². The first kappa shape index (κ1) is 33.5. The SMILES string of the molecule is C=Cc1cc(Cc2cc(C3CCCCC3)cc(Cc3cc(C=C)c(O)c(Cc4ccc(O)cc4)c3)c2O)cc(Cc2ccc(O)cc2)c1O. The summed E-state index contributed by atoms with van der Waals surface area (Å²) in [6, 6.07) is 26.1. The molecular formula is C44H44O5. The highest BCUT2D eigenvalue weighted by Gasteiger charge is 2.21. The van der Waals surface area contributed by atoms with Crippen molar-refractivity contribution in [3.63, 3.8) is 0 Å². The average molecular weight is 653 g/mol. The molecule has 1 aliphatic carbocycles. The zero-order chi connectivity index (χ0) is 34.5. The molecule has 1 fully saturated rings.